The van der Waals surface area contributed by atoms with Crippen LogP contribution in [0.5, 0.6) is 5.75 Å². The SMILES string of the molecule is Cc1ccc(C)c(OCCn2c(CCCCCNC(=O)c3ccc(F)cc3)nc3ccccc32)c1. The van der Waals surface area contributed by atoms with Crippen molar-refractivity contribution in [1.82, 2.24) is 14.9 Å². The van der Waals surface area contributed by atoms with E-state index in [1.807, 2.05) is 18.2 Å². The number of nitrogens with one attached hydrogen (secondary N) is 1. The second-order valence-corrected chi connectivity index (χ2v) is 8.86. The highest BCUT2D eigenvalue weighted by Gasteiger charge is 2.11. The predicted octanol–water partition coefficient (Wildman–Crippen LogP) is 6.01. The first-order valence-electron chi connectivity index (χ1n) is 12.2. The number of fused-ring (bicyclic) bond motifs is 1. The van der Waals surface area contributed by atoms with Crippen LogP contribution >= 0.6 is 0 Å². The summed E-state index contributed by atoms with van der Waals surface area (Å²) in [4.78, 5) is 17.0. The highest BCUT2D eigenvalue weighted by molar-refractivity contribution is 5.94. The van der Waals surface area contributed by atoms with Gasteiger partial charge >= 0.3 is 0 Å². The Morgan fingerprint density at radius 2 is 1.80 bits per heavy atom. The van der Waals surface area contributed by atoms with Crippen LogP contribution in [0.25, 0.3) is 11.0 Å². The summed E-state index contributed by atoms with van der Waals surface area (Å²) in [5.74, 6) is 1.48. The summed E-state index contributed by atoms with van der Waals surface area (Å²) in [6, 6.07) is 20.1. The van der Waals surface area contributed by atoms with Crippen molar-refractivity contribution in [3.8, 4) is 5.75 Å². The van der Waals surface area contributed by atoms with Crippen molar-refractivity contribution in [2.45, 2.75) is 46.1 Å². The number of carbonyl (C=O) groups is 1. The van der Waals surface area contributed by atoms with Gasteiger partial charge in [0.05, 0.1) is 17.6 Å². The predicted molar refractivity (Wildman–Crippen MR) is 137 cm³/mol. The maximum atomic E-state index is 13.0. The Balaban J connectivity index is 1.28. The Kier molecular flexibility index (Phi) is 8.14. The number of nitrogens with zero attached hydrogens (tertiary/aromatic N) is 2. The average molecular weight is 474 g/mol. The molecule has 0 spiro atoms. The van der Waals surface area contributed by atoms with Crippen molar-refractivity contribution in [2.75, 3.05) is 13.2 Å². The van der Waals surface area contributed by atoms with E-state index in [0.29, 0.717) is 18.7 Å². The summed E-state index contributed by atoms with van der Waals surface area (Å²) in [5, 5.41) is 2.90. The number of para-hydroxylation sites is 2. The lowest BCUT2D eigenvalue weighted by atomic mass is 10.1. The molecule has 3 aromatic carbocycles. The Labute approximate surface area is 206 Å². The van der Waals surface area contributed by atoms with Crippen LogP contribution in [0.2, 0.25) is 0 Å². The molecule has 0 radical (unpaired) electrons. The van der Waals surface area contributed by atoms with Crippen LogP contribution in [0.15, 0.2) is 66.7 Å². The van der Waals surface area contributed by atoms with Gasteiger partial charge in [0.2, 0.25) is 0 Å². The molecule has 0 aliphatic rings. The highest BCUT2D eigenvalue weighted by atomic mass is 19.1. The summed E-state index contributed by atoms with van der Waals surface area (Å²) in [6.45, 7) is 6.04. The van der Waals surface area contributed by atoms with Gasteiger partial charge in [-0.2, -0.15) is 0 Å². The molecule has 0 unspecified atom stereocenters. The number of aromatic nitrogens is 2. The van der Waals surface area contributed by atoms with E-state index in [-0.39, 0.29) is 11.7 Å². The van der Waals surface area contributed by atoms with Gasteiger partial charge < -0.3 is 14.6 Å². The molecule has 5 nitrogen and oxygen atoms in total. The van der Waals surface area contributed by atoms with Crippen molar-refractivity contribution in [3.05, 3.63) is 95.1 Å². The lowest BCUT2D eigenvalue weighted by Crippen LogP contribution is -2.24. The van der Waals surface area contributed by atoms with Crippen molar-refractivity contribution in [1.29, 1.82) is 0 Å². The first kappa shape index (κ1) is 24.5. The number of unbranched alkanes of at least 4 members (excludes halogenated alkanes) is 2. The molecule has 4 rings (SSSR count). The molecule has 0 saturated carbocycles. The molecule has 0 fully saturated rings. The molecular weight excluding hydrogens is 441 g/mol. The van der Waals surface area contributed by atoms with Crippen LogP contribution in [0.3, 0.4) is 0 Å². The smallest absolute Gasteiger partial charge is 0.251 e. The van der Waals surface area contributed by atoms with E-state index in [9.17, 15) is 9.18 Å². The minimum absolute atomic E-state index is 0.171. The third kappa shape index (κ3) is 6.47. The lowest BCUT2D eigenvalue weighted by Gasteiger charge is -2.13. The molecule has 0 atom stereocenters. The fourth-order valence-electron chi connectivity index (χ4n) is 4.17. The second-order valence-electron chi connectivity index (χ2n) is 8.86. The minimum atomic E-state index is -0.343. The van der Waals surface area contributed by atoms with Crippen LogP contribution in [0.1, 0.15) is 46.6 Å². The zero-order valence-corrected chi connectivity index (χ0v) is 20.4. The molecule has 0 aliphatic carbocycles. The van der Waals surface area contributed by atoms with E-state index >= 15 is 0 Å². The molecular formula is C29H32FN3O2. The van der Waals surface area contributed by atoms with Crippen molar-refractivity contribution < 1.29 is 13.9 Å². The number of imidazole rings is 1. The molecule has 35 heavy (non-hydrogen) atoms. The quantitative estimate of drug-likeness (QED) is 0.271. The number of hydrogen-bond acceptors (Lipinski definition) is 3. The van der Waals surface area contributed by atoms with Gasteiger partial charge in [-0.15, -0.1) is 0 Å². The molecule has 4 aromatic rings. The first-order chi connectivity index (χ1) is 17.0. The highest BCUT2D eigenvalue weighted by Crippen LogP contribution is 2.21. The van der Waals surface area contributed by atoms with Gasteiger partial charge in [-0.1, -0.05) is 30.7 Å². The van der Waals surface area contributed by atoms with E-state index in [1.54, 1.807) is 0 Å². The van der Waals surface area contributed by atoms with Gasteiger partial charge in [-0.05, 0) is 80.3 Å². The van der Waals surface area contributed by atoms with E-state index in [0.717, 1.165) is 60.4 Å². The maximum absolute atomic E-state index is 13.0. The number of amides is 1. The molecule has 182 valence electrons. The summed E-state index contributed by atoms with van der Waals surface area (Å²) >= 11 is 0. The van der Waals surface area contributed by atoms with Gasteiger partial charge in [-0.25, -0.2) is 9.37 Å². The summed E-state index contributed by atoms with van der Waals surface area (Å²) in [7, 11) is 0. The van der Waals surface area contributed by atoms with E-state index in [1.165, 1.54) is 29.8 Å². The second kappa shape index (κ2) is 11.6. The lowest BCUT2D eigenvalue weighted by molar-refractivity contribution is 0.0953. The summed E-state index contributed by atoms with van der Waals surface area (Å²) in [6.07, 6.45) is 3.70. The van der Waals surface area contributed by atoms with Crippen LogP contribution in [-0.2, 0) is 13.0 Å². The van der Waals surface area contributed by atoms with Crippen molar-refractivity contribution >= 4 is 16.9 Å². The van der Waals surface area contributed by atoms with E-state index in [4.69, 9.17) is 9.72 Å². The zero-order chi connectivity index (χ0) is 24.6. The number of ether oxygens (including phenoxy) is 1. The zero-order valence-electron chi connectivity index (χ0n) is 20.4. The number of rotatable bonds is 11. The monoisotopic (exact) mass is 473 g/mol. The van der Waals surface area contributed by atoms with Gasteiger partial charge in [0, 0.05) is 18.5 Å². The third-order valence-corrected chi connectivity index (χ3v) is 6.12. The standard InChI is InChI=1S/C29H32FN3O2/c1-21-11-12-22(2)27(20-21)35-19-18-33-26-9-6-5-8-25(26)32-28(33)10-4-3-7-17-31-29(34)23-13-15-24(30)16-14-23/h5-6,8-9,11-16,20H,3-4,7,10,17-19H2,1-2H3,(H,31,34). The fraction of sp³-hybridized carbons (Fsp3) is 0.310. The van der Waals surface area contributed by atoms with Crippen LogP contribution in [-0.4, -0.2) is 28.6 Å². The Morgan fingerprint density at radius 1 is 1.00 bits per heavy atom. The average Bonchev–Trinajstić information content (AvgIpc) is 3.21. The summed E-state index contributed by atoms with van der Waals surface area (Å²) < 4.78 is 21.4. The Bertz CT molecular complexity index is 1280. The topological polar surface area (TPSA) is 56.1 Å². The van der Waals surface area contributed by atoms with Crippen LogP contribution in [0.4, 0.5) is 4.39 Å². The maximum Gasteiger partial charge on any atom is 0.251 e. The Hall–Kier alpha value is -3.67. The van der Waals surface area contributed by atoms with Crippen LogP contribution < -0.4 is 10.1 Å². The Morgan fingerprint density at radius 3 is 2.63 bits per heavy atom. The largest absolute Gasteiger partial charge is 0.491 e. The number of hydrogen-bond donors (Lipinski definition) is 1. The molecule has 1 heterocycles. The van der Waals surface area contributed by atoms with E-state index < -0.39 is 0 Å². The number of benzene rings is 3. The van der Waals surface area contributed by atoms with E-state index in [2.05, 4.69) is 48.0 Å². The molecule has 1 aromatic heterocycles. The summed E-state index contributed by atoms with van der Waals surface area (Å²) in [5.41, 5.74) is 4.92. The molecule has 0 aliphatic heterocycles. The van der Waals surface area contributed by atoms with Gasteiger partial charge in [0.15, 0.2) is 0 Å². The van der Waals surface area contributed by atoms with Gasteiger partial charge in [0.25, 0.3) is 5.91 Å². The molecule has 1 amide bonds. The number of carbonyl (C=O) groups excluding carboxylic acids is 1. The molecule has 6 heteroatoms. The van der Waals surface area contributed by atoms with Crippen molar-refractivity contribution in [2.24, 2.45) is 0 Å². The van der Waals surface area contributed by atoms with Gasteiger partial charge in [-0.3, -0.25) is 4.79 Å². The minimum Gasteiger partial charge on any atom is -0.491 e. The van der Waals surface area contributed by atoms with Crippen molar-refractivity contribution in [3.63, 3.8) is 0 Å². The number of halogens is 1. The normalized spacial score (nSPS) is 11.1. The molecule has 0 bridgehead atoms. The molecule has 0 saturated heterocycles. The fourth-order valence-corrected chi connectivity index (χ4v) is 4.17. The van der Waals surface area contributed by atoms with Crippen LogP contribution in [0, 0.1) is 19.7 Å². The number of aryl methyl sites for hydroxylation is 3. The molecule has 1 N–H and O–H groups in total. The first-order valence-corrected chi connectivity index (χ1v) is 12.2. The third-order valence-electron chi connectivity index (χ3n) is 6.12. The van der Waals surface area contributed by atoms with Gasteiger partial charge in [0.1, 0.15) is 24.0 Å².